The van der Waals surface area contributed by atoms with Crippen molar-refractivity contribution >= 4 is 23.4 Å². The Balaban J connectivity index is 2.17. The van der Waals surface area contributed by atoms with Crippen LogP contribution in [-0.2, 0) is 0 Å². The maximum Gasteiger partial charge on any atom is 0.250 e. The molecule has 84 valence electrons. The summed E-state index contributed by atoms with van der Waals surface area (Å²) >= 11 is 1.64. The van der Waals surface area contributed by atoms with Crippen LogP contribution in [0.2, 0.25) is 0 Å². The lowest BCUT2D eigenvalue weighted by Crippen LogP contribution is -2.54. The van der Waals surface area contributed by atoms with Crippen molar-refractivity contribution in [2.45, 2.75) is 24.1 Å². The fourth-order valence-electron chi connectivity index (χ4n) is 2.11. The second kappa shape index (κ2) is 3.16. The highest BCUT2D eigenvalue weighted by Crippen LogP contribution is 2.46. The van der Waals surface area contributed by atoms with Gasteiger partial charge in [-0.2, -0.15) is 9.37 Å². The SMILES string of the molecule is CC1SC2CC(=O)c3cc(F)c(F)nc3N12. The average Bonchev–Trinajstić information content (AvgIpc) is 2.20. The Morgan fingerprint density at radius 3 is 3.00 bits per heavy atom. The average molecular weight is 242 g/mol. The van der Waals surface area contributed by atoms with Crippen molar-refractivity contribution < 1.29 is 13.6 Å². The Labute approximate surface area is 94.8 Å². The topological polar surface area (TPSA) is 33.2 Å². The van der Waals surface area contributed by atoms with Gasteiger partial charge in [0.1, 0.15) is 5.82 Å². The van der Waals surface area contributed by atoms with Crippen molar-refractivity contribution in [3.63, 3.8) is 0 Å². The molecule has 2 aliphatic heterocycles. The number of halogens is 2. The van der Waals surface area contributed by atoms with Crippen molar-refractivity contribution in [1.29, 1.82) is 0 Å². The van der Waals surface area contributed by atoms with Gasteiger partial charge in [-0.3, -0.25) is 4.79 Å². The molecule has 0 aromatic carbocycles. The third-order valence-corrected chi connectivity index (χ3v) is 4.20. The van der Waals surface area contributed by atoms with Gasteiger partial charge in [0, 0.05) is 6.42 Å². The first-order chi connectivity index (χ1) is 7.58. The number of hydrogen-bond acceptors (Lipinski definition) is 4. The van der Waals surface area contributed by atoms with Gasteiger partial charge >= 0.3 is 0 Å². The highest BCUT2D eigenvalue weighted by molar-refractivity contribution is 8.02. The van der Waals surface area contributed by atoms with Crippen LogP contribution in [0, 0.1) is 11.8 Å². The van der Waals surface area contributed by atoms with Crippen molar-refractivity contribution in [2.75, 3.05) is 4.90 Å². The minimum absolute atomic E-state index is 0.0346. The maximum absolute atomic E-state index is 13.1. The molecule has 2 atom stereocenters. The standard InChI is InChI=1S/C10H8F2N2OS/c1-4-14-8(16-4)3-7(15)5-2-6(11)9(12)13-10(5)14/h2,4,8H,3H2,1H3. The zero-order valence-electron chi connectivity index (χ0n) is 8.41. The number of anilines is 1. The normalized spacial score (nSPS) is 27.2. The molecule has 2 unspecified atom stereocenters. The van der Waals surface area contributed by atoms with Gasteiger partial charge in [0.05, 0.1) is 16.3 Å². The highest BCUT2D eigenvalue weighted by atomic mass is 32.2. The van der Waals surface area contributed by atoms with Crippen molar-refractivity contribution in [1.82, 2.24) is 4.98 Å². The third kappa shape index (κ3) is 1.19. The summed E-state index contributed by atoms with van der Waals surface area (Å²) < 4.78 is 26.1. The number of Topliss-reactive ketones (excluding diaryl/α,β-unsaturated/α-hetero) is 1. The van der Waals surface area contributed by atoms with Crippen molar-refractivity contribution in [3.8, 4) is 0 Å². The Kier molecular flexibility index (Phi) is 1.98. The molecule has 16 heavy (non-hydrogen) atoms. The third-order valence-electron chi connectivity index (χ3n) is 2.87. The van der Waals surface area contributed by atoms with Gasteiger partial charge < -0.3 is 4.90 Å². The smallest absolute Gasteiger partial charge is 0.250 e. The van der Waals surface area contributed by atoms with E-state index in [1.807, 2.05) is 11.8 Å². The van der Waals surface area contributed by atoms with Crippen LogP contribution in [-0.4, -0.2) is 21.5 Å². The number of rotatable bonds is 0. The van der Waals surface area contributed by atoms with E-state index in [1.54, 1.807) is 11.8 Å². The van der Waals surface area contributed by atoms with Gasteiger partial charge in [0.25, 0.3) is 5.95 Å². The molecular weight excluding hydrogens is 234 g/mol. The van der Waals surface area contributed by atoms with E-state index in [-0.39, 0.29) is 27.9 Å². The van der Waals surface area contributed by atoms with E-state index >= 15 is 0 Å². The molecule has 1 aromatic rings. The quantitative estimate of drug-likeness (QED) is 0.653. The summed E-state index contributed by atoms with van der Waals surface area (Å²) in [4.78, 5) is 17.1. The summed E-state index contributed by atoms with van der Waals surface area (Å²) in [5.41, 5.74) is 0.197. The summed E-state index contributed by atoms with van der Waals surface area (Å²) in [5.74, 6) is -2.09. The zero-order valence-corrected chi connectivity index (χ0v) is 9.22. The van der Waals surface area contributed by atoms with E-state index in [2.05, 4.69) is 4.98 Å². The van der Waals surface area contributed by atoms with Gasteiger partial charge in [0.2, 0.25) is 0 Å². The summed E-state index contributed by atoms with van der Waals surface area (Å²) in [6.45, 7) is 1.95. The van der Waals surface area contributed by atoms with Crippen LogP contribution >= 0.6 is 11.8 Å². The van der Waals surface area contributed by atoms with Crippen LogP contribution in [0.25, 0.3) is 0 Å². The number of carbonyl (C=O) groups excluding carboxylic acids is 1. The number of thioether (sulfide) groups is 1. The van der Waals surface area contributed by atoms with E-state index in [9.17, 15) is 13.6 Å². The van der Waals surface area contributed by atoms with E-state index in [0.29, 0.717) is 6.42 Å². The number of aromatic nitrogens is 1. The van der Waals surface area contributed by atoms with Crippen molar-refractivity contribution in [3.05, 3.63) is 23.4 Å². The van der Waals surface area contributed by atoms with Crippen LogP contribution in [0.3, 0.4) is 0 Å². The maximum atomic E-state index is 13.1. The number of ketones is 1. The van der Waals surface area contributed by atoms with Crippen LogP contribution in [0.5, 0.6) is 0 Å². The molecule has 0 bridgehead atoms. The van der Waals surface area contributed by atoms with Crippen LogP contribution in [0.4, 0.5) is 14.6 Å². The summed E-state index contributed by atoms with van der Waals surface area (Å²) in [6, 6.07) is 0.950. The van der Waals surface area contributed by atoms with Crippen molar-refractivity contribution in [2.24, 2.45) is 0 Å². The lowest BCUT2D eigenvalue weighted by Gasteiger charge is -2.49. The summed E-state index contributed by atoms with van der Waals surface area (Å²) in [7, 11) is 0. The molecule has 0 spiro atoms. The molecule has 1 saturated heterocycles. The van der Waals surface area contributed by atoms with Gasteiger partial charge in [-0.25, -0.2) is 4.39 Å². The highest BCUT2D eigenvalue weighted by Gasteiger charge is 2.44. The second-order valence-corrected chi connectivity index (χ2v) is 5.36. The second-order valence-electron chi connectivity index (χ2n) is 3.86. The molecule has 3 heterocycles. The lowest BCUT2D eigenvalue weighted by atomic mass is 10.0. The molecule has 6 heteroatoms. The minimum Gasteiger partial charge on any atom is -0.332 e. The largest absolute Gasteiger partial charge is 0.332 e. The molecular formula is C10H8F2N2OS. The first-order valence-electron chi connectivity index (χ1n) is 4.91. The molecule has 1 aromatic heterocycles. The molecule has 0 amide bonds. The molecule has 1 fully saturated rings. The fourth-order valence-corrected chi connectivity index (χ4v) is 3.41. The Bertz CT molecular complexity index is 494. The van der Waals surface area contributed by atoms with E-state index in [0.717, 1.165) is 6.07 Å². The number of fused-ring (bicyclic) bond motifs is 3. The molecule has 3 rings (SSSR count). The van der Waals surface area contributed by atoms with Crippen LogP contribution < -0.4 is 4.90 Å². The lowest BCUT2D eigenvalue weighted by molar-refractivity contribution is 0.0972. The predicted octanol–water partition coefficient (Wildman–Crippen LogP) is 2.17. The minimum atomic E-state index is -1.14. The molecule has 0 aliphatic carbocycles. The Hall–Kier alpha value is -1.17. The molecule has 0 N–H and O–H groups in total. The first kappa shape index (κ1) is 10.0. The van der Waals surface area contributed by atoms with Gasteiger partial charge in [-0.1, -0.05) is 0 Å². The van der Waals surface area contributed by atoms with Crippen LogP contribution in [0.1, 0.15) is 23.7 Å². The summed E-state index contributed by atoms with van der Waals surface area (Å²) in [6.07, 6.45) is 0.342. The predicted molar refractivity (Wildman–Crippen MR) is 56.4 cm³/mol. The number of hydrogen-bond donors (Lipinski definition) is 0. The number of nitrogens with zero attached hydrogens (tertiary/aromatic N) is 2. The van der Waals surface area contributed by atoms with E-state index in [1.165, 1.54) is 0 Å². The molecule has 0 radical (unpaired) electrons. The Morgan fingerprint density at radius 2 is 2.31 bits per heavy atom. The fraction of sp³-hybridized carbons (Fsp3) is 0.400. The Morgan fingerprint density at radius 1 is 1.56 bits per heavy atom. The van der Waals surface area contributed by atoms with Gasteiger partial charge in [-0.15, -0.1) is 11.8 Å². The molecule has 2 aliphatic rings. The number of pyridine rings is 1. The summed E-state index contributed by atoms with van der Waals surface area (Å²) in [5, 5.41) is 0.196. The zero-order chi connectivity index (χ0) is 11.4. The molecule has 0 saturated carbocycles. The van der Waals surface area contributed by atoms with E-state index in [4.69, 9.17) is 0 Å². The molecule has 3 nitrogen and oxygen atoms in total. The van der Waals surface area contributed by atoms with Crippen LogP contribution in [0.15, 0.2) is 6.07 Å². The van der Waals surface area contributed by atoms with Gasteiger partial charge in [-0.05, 0) is 13.0 Å². The van der Waals surface area contributed by atoms with E-state index < -0.39 is 11.8 Å². The number of carbonyl (C=O) groups is 1. The first-order valence-corrected chi connectivity index (χ1v) is 5.85. The van der Waals surface area contributed by atoms with Gasteiger partial charge in [0.15, 0.2) is 11.6 Å². The monoisotopic (exact) mass is 242 g/mol.